The van der Waals surface area contributed by atoms with Gasteiger partial charge >= 0.3 is 0 Å². The summed E-state index contributed by atoms with van der Waals surface area (Å²) in [6.45, 7) is 0. The topological polar surface area (TPSA) is 49.3 Å². The Morgan fingerprint density at radius 1 is 1.42 bits per heavy atom. The first-order chi connectivity index (χ1) is 5.70. The van der Waals surface area contributed by atoms with E-state index in [4.69, 9.17) is 5.11 Å². The molecule has 1 atom stereocenters. The average molecular weight is 230 g/mol. The molecule has 4 heteroatoms. The van der Waals surface area contributed by atoms with E-state index in [1.807, 2.05) is 6.07 Å². The molecule has 0 bridgehead atoms. The van der Waals surface area contributed by atoms with E-state index >= 15 is 0 Å². The standard InChI is InChI=1S/C8H8BrNO2/c9-7(11)8(12)10-6-4-2-1-3-5-6/h1-5,7,11H,(H,10,12). The lowest BCUT2D eigenvalue weighted by atomic mass is 10.3. The molecule has 2 N–H and O–H groups in total. The SMILES string of the molecule is O=C(Nc1ccccc1)C(O)Br. The highest BCUT2D eigenvalue weighted by Crippen LogP contribution is 2.06. The van der Waals surface area contributed by atoms with Gasteiger partial charge in [-0.3, -0.25) is 4.79 Å². The second kappa shape index (κ2) is 4.23. The van der Waals surface area contributed by atoms with Crippen molar-refractivity contribution < 1.29 is 9.90 Å². The lowest BCUT2D eigenvalue weighted by Gasteiger charge is -2.04. The van der Waals surface area contributed by atoms with Crippen LogP contribution in [0.1, 0.15) is 0 Å². The highest BCUT2D eigenvalue weighted by molar-refractivity contribution is 9.09. The van der Waals surface area contributed by atoms with Gasteiger partial charge in [0.25, 0.3) is 5.91 Å². The summed E-state index contributed by atoms with van der Waals surface area (Å²) in [6.07, 6.45) is 0. The highest BCUT2D eigenvalue weighted by Gasteiger charge is 2.09. The molecular formula is C8H8BrNO2. The Labute approximate surface area is 78.5 Å². The van der Waals surface area contributed by atoms with Crippen LogP contribution in [-0.4, -0.2) is 16.0 Å². The van der Waals surface area contributed by atoms with E-state index in [0.717, 1.165) is 0 Å². The Morgan fingerprint density at radius 2 is 2.00 bits per heavy atom. The molecule has 0 saturated carbocycles. The first-order valence-corrected chi connectivity index (χ1v) is 4.30. The number of amides is 1. The van der Waals surface area contributed by atoms with Gasteiger partial charge in [-0.15, -0.1) is 0 Å². The molecule has 1 unspecified atom stereocenters. The van der Waals surface area contributed by atoms with Crippen LogP contribution >= 0.6 is 15.9 Å². The fourth-order valence-electron chi connectivity index (χ4n) is 0.723. The molecule has 1 aromatic carbocycles. The molecule has 0 saturated heterocycles. The number of nitrogens with one attached hydrogen (secondary N) is 1. The maximum Gasteiger partial charge on any atom is 0.264 e. The number of anilines is 1. The van der Waals surface area contributed by atoms with E-state index < -0.39 is 10.9 Å². The van der Waals surface area contributed by atoms with Gasteiger partial charge in [0.1, 0.15) is 0 Å². The Bertz CT molecular complexity index is 261. The third-order valence-corrected chi connectivity index (χ3v) is 1.67. The molecule has 3 nitrogen and oxygen atoms in total. The van der Waals surface area contributed by atoms with Crippen LogP contribution in [0.15, 0.2) is 30.3 Å². The average Bonchev–Trinajstić information content (AvgIpc) is 2.06. The molecule has 1 aromatic rings. The quantitative estimate of drug-likeness (QED) is 0.753. The summed E-state index contributed by atoms with van der Waals surface area (Å²) < 4.78 is 0. The molecule has 0 radical (unpaired) electrons. The van der Waals surface area contributed by atoms with Gasteiger partial charge in [0.15, 0.2) is 5.01 Å². The molecule has 1 amide bonds. The Kier molecular flexibility index (Phi) is 3.25. The molecule has 1 rings (SSSR count). The summed E-state index contributed by atoms with van der Waals surface area (Å²) in [5, 5.41) is 10.1. The van der Waals surface area contributed by atoms with Crippen molar-refractivity contribution in [3.63, 3.8) is 0 Å². The summed E-state index contributed by atoms with van der Waals surface area (Å²) in [5.41, 5.74) is 0.668. The largest absolute Gasteiger partial charge is 0.373 e. The summed E-state index contributed by atoms with van der Waals surface area (Å²) >= 11 is 2.74. The van der Waals surface area contributed by atoms with Crippen molar-refractivity contribution in [2.75, 3.05) is 5.32 Å². The monoisotopic (exact) mass is 229 g/mol. The molecule has 0 heterocycles. The van der Waals surface area contributed by atoms with Crippen LogP contribution in [0, 0.1) is 0 Å². The minimum Gasteiger partial charge on any atom is -0.373 e. The number of hydrogen-bond donors (Lipinski definition) is 2. The smallest absolute Gasteiger partial charge is 0.264 e. The van der Waals surface area contributed by atoms with Crippen LogP contribution in [0.4, 0.5) is 5.69 Å². The van der Waals surface area contributed by atoms with Crippen LogP contribution in [-0.2, 0) is 4.79 Å². The van der Waals surface area contributed by atoms with Crippen molar-refractivity contribution in [2.24, 2.45) is 0 Å². The fraction of sp³-hybridized carbons (Fsp3) is 0.125. The molecule has 0 aliphatic rings. The van der Waals surface area contributed by atoms with Crippen molar-refractivity contribution in [1.29, 1.82) is 0 Å². The number of aliphatic hydroxyl groups excluding tert-OH is 1. The predicted octanol–water partition coefficient (Wildman–Crippen LogP) is 1.34. The van der Waals surface area contributed by atoms with E-state index in [-0.39, 0.29) is 0 Å². The molecule has 12 heavy (non-hydrogen) atoms. The van der Waals surface area contributed by atoms with Gasteiger partial charge in [0.05, 0.1) is 0 Å². The van der Waals surface area contributed by atoms with Gasteiger partial charge in [-0.1, -0.05) is 18.2 Å². The molecular weight excluding hydrogens is 222 g/mol. The summed E-state index contributed by atoms with van der Waals surface area (Å²) in [6, 6.07) is 8.94. The van der Waals surface area contributed by atoms with Crippen LogP contribution in [0.3, 0.4) is 0 Å². The van der Waals surface area contributed by atoms with E-state index in [9.17, 15) is 4.79 Å². The summed E-state index contributed by atoms with van der Waals surface area (Å²) in [7, 11) is 0. The predicted molar refractivity (Wildman–Crippen MR) is 50.0 cm³/mol. The van der Waals surface area contributed by atoms with E-state index in [0.29, 0.717) is 5.69 Å². The lowest BCUT2D eigenvalue weighted by molar-refractivity contribution is -0.119. The maximum absolute atomic E-state index is 10.9. The normalized spacial score (nSPS) is 12.2. The number of carbonyl (C=O) groups is 1. The highest BCUT2D eigenvalue weighted by atomic mass is 79.9. The number of carbonyl (C=O) groups excluding carboxylic acids is 1. The number of hydrogen-bond acceptors (Lipinski definition) is 2. The second-order valence-corrected chi connectivity index (χ2v) is 3.06. The molecule has 64 valence electrons. The Hall–Kier alpha value is -0.870. The van der Waals surface area contributed by atoms with E-state index in [2.05, 4.69) is 21.2 Å². The number of alkyl halides is 1. The number of halogens is 1. The summed E-state index contributed by atoms with van der Waals surface area (Å²) in [5.74, 6) is -0.471. The van der Waals surface area contributed by atoms with Crippen molar-refractivity contribution in [2.45, 2.75) is 5.01 Å². The van der Waals surface area contributed by atoms with Gasteiger partial charge in [0.2, 0.25) is 0 Å². The van der Waals surface area contributed by atoms with Crippen molar-refractivity contribution in [1.82, 2.24) is 0 Å². The Balaban J connectivity index is 2.59. The van der Waals surface area contributed by atoms with Crippen molar-refractivity contribution in [3.8, 4) is 0 Å². The number of benzene rings is 1. The maximum atomic E-state index is 10.9. The van der Waals surface area contributed by atoms with E-state index in [1.165, 1.54) is 0 Å². The zero-order chi connectivity index (χ0) is 8.97. The minimum absolute atomic E-state index is 0.471. The van der Waals surface area contributed by atoms with Gasteiger partial charge < -0.3 is 10.4 Å². The zero-order valence-electron chi connectivity index (χ0n) is 6.20. The first kappa shape index (κ1) is 9.22. The number of rotatable bonds is 2. The molecule has 0 fully saturated rings. The lowest BCUT2D eigenvalue weighted by Crippen LogP contribution is -2.21. The van der Waals surface area contributed by atoms with Gasteiger partial charge in [-0.05, 0) is 28.1 Å². The third-order valence-electron chi connectivity index (χ3n) is 1.26. The van der Waals surface area contributed by atoms with Crippen molar-refractivity contribution in [3.05, 3.63) is 30.3 Å². The van der Waals surface area contributed by atoms with Gasteiger partial charge in [0, 0.05) is 5.69 Å². The van der Waals surface area contributed by atoms with Crippen LogP contribution in [0.25, 0.3) is 0 Å². The number of para-hydroxylation sites is 1. The summed E-state index contributed by atoms with van der Waals surface area (Å²) in [4.78, 5) is 10.9. The van der Waals surface area contributed by atoms with Crippen LogP contribution < -0.4 is 5.32 Å². The third kappa shape index (κ3) is 2.64. The van der Waals surface area contributed by atoms with Gasteiger partial charge in [-0.25, -0.2) is 0 Å². The van der Waals surface area contributed by atoms with Crippen LogP contribution in [0.5, 0.6) is 0 Å². The molecule has 0 aromatic heterocycles. The Morgan fingerprint density at radius 3 is 2.50 bits per heavy atom. The van der Waals surface area contributed by atoms with Gasteiger partial charge in [-0.2, -0.15) is 0 Å². The second-order valence-electron chi connectivity index (χ2n) is 2.19. The molecule has 0 aliphatic heterocycles. The van der Waals surface area contributed by atoms with Crippen molar-refractivity contribution >= 4 is 27.5 Å². The molecule has 0 spiro atoms. The molecule has 0 aliphatic carbocycles. The number of aliphatic hydroxyl groups is 1. The zero-order valence-corrected chi connectivity index (χ0v) is 7.78. The first-order valence-electron chi connectivity index (χ1n) is 3.38. The fourth-order valence-corrected chi connectivity index (χ4v) is 0.838. The van der Waals surface area contributed by atoms with E-state index in [1.54, 1.807) is 24.3 Å². The minimum atomic E-state index is -1.15. The van der Waals surface area contributed by atoms with Crippen LogP contribution in [0.2, 0.25) is 0 Å².